The molecule has 0 aliphatic heterocycles. The van der Waals surface area contributed by atoms with Gasteiger partial charge in [0.2, 0.25) is 0 Å². The molecule has 2 N–H and O–H groups in total. The number of hydrogen-bond acceptors (Lipinski definition) is 8. The number of nitrogens with zero attached hydrogens (tertiary/aromatic N) is 7. The van der Waals surface area contributed by atoms with E-state index in [2.05, 4.69) is 41.0 Å². The van der Waals surface area contributed by atoms with Crippen molar-refractivity contribution < 1.29 is 45.1 Å². The highest BCUT2D eigenvalue weighted by Crippen LogP contribution is 2.25. The lowest BCUT2D eigenvalue weighted by molar-refractivity contribution is -0.274. The summed E-state index contributed by atoms with van der Waals surface area (Å²) in [6.45, 7) is -0.0370. The standard InChI is InChI=1S/C26H24F7N9O3/c1-25(29,30)22-5-2-15(9-34-22)10-35-23(43)21-14-42(40-38-21)12-17(27)6-7-41-13-20(37-39-41)24(44)36-11-16-8-18(3-4-19(16)28)45-26(31,32)33/h2-5,8-9,13-14,17H,6-7,10-12H2,1H3,(H,35,43)(H,36,44). The van der Waals surface area contributed by atoms with Crippen molar-refractivity contribution in [2.75, 3.05) is 0 Å². The van der Waals surface area contributed by atoms with Gasteiger partial charge in [-0.1, -0.05) is 16.5 Å². The fourth-order valence-corrected chi connectivity index (χ4v) is 3.78. The minimum atomic E-state index is -4.97. The van der Waals surface area contributed by atoms with Crippen molar-refractivity contribution in [1.29, 1.82) is 0 Å². The van der Waals surface area contributed by atoms with Gasteiger partial charge in [0.05, 0.1) is 18.9 Å². The lowest BCUT2D eigenvalue weighted by Crippen LogP contribution is -2.24. The van der Waals surface area contributed by atoms with Crippen LogP contribution in [0.2, 0.25) is 0 Å². The van der Waals surface area contributed by atoms with Gasteiger partial charge in [-0.25, -0.2) is 13.5 Å². The number of aryl methyl sites for hydroxylation is 1. The van der Waals surface area contributed by atoms with Gasteiger partial charge in [-0.3, -0.25) is 19.3 Å². The van der Waals surface area contributed by atoms with E-state index >= 15 is 0 Å². The average Bonchev–Trinajstić information content (AvgIpc) is 3.64. The Bertz CT molecular complexity index is 1620. The number of benzene rings is 1. The Labute approximate surface area is 249 Å². The molecule has 3 aromatic heterocycles. The van der Waals surface area contributed by atoms with Crippen LogP contribution >= 0.6 is 0 Å². The number of nitrogens with one attached hydrogen (secondary N) is 2. The van der Waals surface area contributed by atoms with E-state index in [0.29, 0.717) is 5.56 Å². The number of amides is 2. The van der Waals surface area contributed by atoms with E-state index in [1.54, 1.807) is 0 Å². The summed E-state index contributed by atoms with van der Waals surface area (Å²) in [5, 5.41) is 19.6. The first-order valence-corrected chi connectivity index (χ1v) is 13.0. The van der Waals surface area contributed by atoms with Gasteiger partial charge in [-0.05, 0) is 29.8 Å². The average molecular weight is 644 g/mol. The molecule has 0 bridgehead atoms. The highest BCUT2D eigenvalue weighted by Gasteiger charge is 2.31. The maximum absolute atomic E-state index is 14.6. The number of hydrogen-bond donors (Lipinski definition) is 2. The van der Waals surface area contributed by atoms with E-state index in [9.17, 15) is 40.3 Å². The van der Waals surface area contributed by atoms with Gasteiger partial charge in [-0.2, -0.15) is 8.78 Å². The predicted molar refractivity (Wildman–Crippen MR) is 139 cm³/mol. The summed E-state index contributed by atoms with van der Waals surface area (Å²) in [5.41, 5.74) is -0.496. The van der Waals surface area contributed by atoms with E-state index in [1.807, 2.05) is 0 Å². The molecule has 0 saturated carbocycles. The Kier molecular flexibility index (Phi) is 9.98. The van der Waals surface area contributed by atoms with Crippen molar-refractivity contribution in [3.63, 3.8) is 0 Å². The lowest BCUT2D eigenvalue weighted by atomic mass is 10.2. The minimum absolute atomic E-state index is 0.00820. The number of carbonyl (C=O) groups excluding carboxylic acids is 2. The van der Waals surface area contributed by atoms with Crippen LogP contribution in [-0.4, -0.2) is 59.3 Å². The molecular formula is C26H24F7N9O3. The molecular weight excluding hydrogens is 619 g/mol. The third-order valence-electron chi connectivity index (χ3n) is 6.02. The van der Waals surface area contributed by atoms with E-state index < -0.39 is 54.1 Å². The van der Waals surface area contributed by atoms with Crippen LogP contribution in [0, 0.1) is 5.82 Å². The number of rotatable bonds is 13. The molecule has 45 heavy (non-hydrogen) atoms. The lowest BCUT2D eigenvalue weighted by Gasteiger charge is -2.11. The fourth-order valence-electron chi connectivity index (χ4n) is 3.78. The fraction of sp³-hybridized carbons (Fsp3) is 0.346. The number of ether oxygens (including phenoxy) is 1. The predicted octanol–water partition coefficient (Wildman–Crippen LogP) is 3.70. The van der Waals surface area contributed by atoms with E-state index in [0.717, 1.165) is 35.9 Å². The molecule has 1 aromatic carbocycles. The molecule has 0 spiro atoms. The highest BCUT2D eigenvalue weighted by molar-refractivity contribution is 5.92. The molecule has 0 radical (unpaired) electrons. The quantitative estimate of drug-likeness (QED) is 0.210. The van der Waals surface area contributed by atoms with Crippen LogP contribution in [0.4, 0.5) is 30.7 Å². The molecule has 1 unspecified atom stereocenters. The molecule has 0 fully saturated rings. The van der Waals surface area contributed by atoms with Gasteiger partial charge in [0.25, 0.3) is 17.7 Å². The van der Waals surface area contributed by atoms with Gasteiger partial charge < -0.3 is 15.4 Å². The topological polar surface area (TPSA) is 142 Å². The molecule has 240 valence electrons. The zero-order valence-corrected chi connectivity index (χ0v) is 23.2. The molecule has 1 atom stereocenters. The highest BCUT2D eigenvalue weighted by atomic mass is 19.4. The Morgan fingerprint density at radius 3 is 2.20 bits per heavy atom. The van der Waals surface area contributed by atoms with Crippen molar-refractivity contribution in [2.24, 2.45) is 0 Å². The normalized spacial score (nSPS) is 12.5. The van der Waals surface area contributed by atoms with Crippen LogP contribution in [0.15, 0.2) is 48.9 Å². The Hall–Kier alpha value is -5.10. The number of pyridine rings is 1. The van der Waals surface area contributed by atoms with Crippen LogP contribution in [0.5, 0.6) is 5.75 Å². The summed E-state index contributed by atoms with van der Waals surface area (Å²) in [5.74, 6) is -6.04. The number of aromatic nitrogens is 7. The number of halogens is 7. The third kappa shape index (κ3) is 9.70. The first-order chi connectivity index (χ1) is 21.2. The van der Waals surface area contributed by atoms with Crippen molar-refractivity contribution in [3.05, 3.63) is 82.9 Å². The van der Waals surface area contributed by atoms with Crippen LogP contribution in [0.3, 0.4) is 0 Å². The summed E-state index contributed by atoms with van der Waals surface area (Å²) in [6.07, 6.45) is -2.89. The summed E-state index contributed by atoms with van der Waals surface area (Å²) in [7, 11) is 0. The van der Waals surface area contributed by atoms with Crippen molar-refractivity contribution in [1.82, 2.24) is 45.6 Å². The maximum atomic E-state index is 14.6. The maximum Gasteiger partial charge on any atom is 0.573 e. The molecule has 0 aliphatic rings. The number of carbonyl (C=O) groups is 2. The van der Waals surface area contributed by atoms with Crippen molar-refractivity contribution >= 4 is 11.8 Å². The van der Waals surface area contributed by atoms with Crippen LogP contribution in [0.25, 0.3) is 0 Å². The molecule has 3 heterocycles. The minimum Gasteiger partial charge on any atom is -0.406 e. The van der Waals surface area contributed by atoms with Gasteiger partial charge >= 0.3 is 6.36 Å². The molecule has 19 heteroatoms. The molecule has 2 amide bonds. The first-order valence-electron chi connectivity index (χ1n) is 13.0. The molecule has 12 nitrogen and oxygen atoms in total. The first kappa shape index (κ1) is 32.8. The smallest absolute Gasteiger partial charge is 0.406 e. The van der Waals surface area contributed by atoms with Crippen LogP contribution < -0.4 is 15.4 Å². The van der Waals surface area contributed by atoms with Gasteiger partial charge in [0, 0.05) is 44.7 Å². The molecule has 4 aromatic rings. The van der Waals surface area contributed by atoms with Gasteiger partial charge in [-0.15, -0.1) is 23.4 Å². The van der Waals surface area contributed by atoms with Crippen LogP contribution in [-0.2, 0) is 32.1 Å². The Morgan fingerprint density at radius 2 is 1.58 bits per heavy atom. The zero-order chi connectivity index (χ0) is 32.8. The summed E-state index contributed by atoms with van der Waals surface area (Å²) in [4.78, 5) is 28.4. The number of alkyl halides is 6. The summed E-state index contributed by atoms with van der Waals surface area (Å²) >= 11 is 0. The third-order valence-corrected chi connectivity index (χ3v) is 6.02. The second-order valence-electron chi connectivity index (χ2n) is 9.69. The Balaban J connectivity index is 1.21. The molecule has 0 aliphatic carbocycles. The zero-order valence-electron chi connectivity index (χ0n) is 23.2. The SMILES string of the molecule is CC(F)(F)c1ccc(CNC(=O)c2cn(CC(F)CCn3cc(C(=O)NCc4cc(OC(F)(F)F)ccc4F)nn3)nn2)cn1. The largest absolute Gasteiger partial charge is 0.573 e. The second kappa shape index (κ2) is 13.7. The molecule has 4 rings (SSSR count). The van der Waals surface area contributed by atoms with Crippen LogP contribution in [0.1, 0.15) is 51.1 Å². The van der Waals surface area contributed by atoms with E-state index in [1.165, 1.54) is 29.3 Å². The monoisotopic (exact) mass is 643 g/mol. The van der Waals surface area contributed by atoms with E-state index in [-0.39, 0.29) is 43.0 Å². The Morgan fingerprint density at radius 1 is 0.933 bits per heavy atom. The van der Waals surface area contributed by atoms with Crippen molar-refractivity contribution in [3.8, 4) is 5.75 Å². The summed E-state index contributed by atoms with van der Waals surface area (Å²) < 4.78 is 98.4. The second-order valence-corrected chi connectivity index (χ2v) is 9.69. The van der Waals surface area contributed by atoms with Gasteiger partial charge in [0.15, 0.2) is 11.4 Å². The van der Waals surface area contributed by atoms with Gasteiger partial charge in [0.1, 0.15) is 23.4 Å². The van der Waals surface area contributed by atoms with Crippen molar-refractivity contribution in [2.45, 2.75) is 58.0 Å². The molecule has 0 saturated heterocycles. The van der Waals surface area contributed by atoms with E-state index in [4.69, 9.17) is 0 Å². The summed E-state index contributed by atoms with van der Waals surface area (Å²) in [6, 6.07) is 4.90.